The number of hydrogen-bond donors (Lipinski definition) is 2. The molecule has 13 rings (SSSR count). The second kappa shape index (κ2) is 25.7. The highest BCUT2D eigenvalue weighted by Gasteiger charge is 2.37. The van der Waals surface area contributed by atoms with Crippen LogP contribution in [0.25, 0.3) is 77.2 Å². The summed E-state index contributed by atoms with van der Waals surface area (Å²) in [7, 11) is 0. The van der Waals surface area contributed by atoms with Crippen molar-refractivity contribution < 1.29 is 19.7 Å². The van der Waals surface area contributed by atoms with Crippen LogP contribution in [0.15, 0.2) is 109 Å². The molecule has 0 spiro atoms. The van der Waals surface area contributed by atoms with E-state index in [0.29, 0.717) is 13.2 Å². The van der Waals surface area contributed by atoms with Gasteiger partial charge in [-0.2, -0.15) is 0 Å². The quantitative estimate of drug-likeness (QED) is 0.114. The Bertz CT molecular complexity index is 4480. The van der Waals surface area contributed by atoms with Crippen LogP contribution < -0.4 is 9.47 Å². The number of benzene rings is 8. The van der Waals surface area contributed by atoms with E-state index in [1.165, 1.54) is 88.3 Å². The first-order valence-corrected chi connectivity index (χ1v) is 39.0. The summed E-state index contributed by atoms with van der Waals surface area (Å²) < 4.78 is 20.2. The number of phenolic OH excluding ortho intramolecular Hbond substituents is 2. The molecule has 0 amide bonds. The molecular formula is C96H122N2O4. The number of aryl methyl sites for hydroxylation is 2. The second-order valence-electron chi connectivity index (χ2n) is 39.8. The van der Waals surface area contributed by atoms with Crippen molar-refractivity contribution in [1.29, 1.82) is 0 Å². The highest BCUT2D eigenvalue weighted by atomic mass is 16.5. The second-order valence-corrected chi connectivity index (χ2v) is 39.8. The minimum atomic E-state index is -0.257. The zero-order chi connectivity index (χ0) is 73.7. The van der Waals surface area contributed by atoms with Crippen LogP contribution >= 0.6 is 0 Å². The molecule has 2 aromatic heterocycles. The molecule has 0 saturated heterocycles. The summed E-state index contributed by atoms with van der Waals surface area (Å²) in [5.41, 5.74) is 24.2. The van der Waals surface area contributed by atoms with Crippen molar-refractivity contribution in [3.05, 3.63) is 176 Å². The van der Waals surface area contributed by atoms with E-state index < -0.39 is 0 Å². The summed E-state index contributed by atoms with van der Waals surface area (Å²) in [6.45, 7) is 56.9. The van der Waals surface area contributed by atoms with E-state index in [-0.39, 0.29) is 66.7 Å². The Kier molecular flexibility index (Phi) is 18.4. The number of fused-ring (bicyclic) bond motifs is 8. The van der Waals surface area contributed by atoms with Gasteiger partial charge in [0.25, 0.3) is 0 Å². The van der Waals surface area contributed by atoms with Gasteiger partial charge in [-0.15, -0.1) is 0 Å². The standard InChI is InChI=1S/C96H122N2O4/c1-57-43-77(75-45-65(95(21,22)55-89(3,4)5)51-83(85(75)99)97-79-47-61(91(9,10)11)35-39-69(79)70-40-36-62(48-80(70)97)92(12,13)14)87(73-33-27-31-67(57)73)101-53-59-29-25-26-30-60(59)54-102-88-74-34-28-32-68(74)58(2)44-78(88)76-46-66(96(23,24)56-90(6,7)8)52-84(86(76)100)98-81-49-63(93(15,16)17)37-41-71(81)72-42-38-64(50-82(72)98)94(18,19)20/h35-52,59-60,99-100H,25-34,53-56H2,1-24H3/t59-,60-/m0/s1. The largest absolute Gasteiger partial charge is 0.505 e. The summed E-state index contributed by atoms with van der Waals surface area (Å²) in [6, 6.07) is 42.0. The molecule has 10 aromatic rings. The van der Waals surface area contributed by atoms with Gasteiger partial charge in [-0.25, -0.2) is 0 Å². The number of phenols is 2. The van der Waals surface area contributed by atoms with Crippen LogP contribution in [-0.4, -0.2) is 32.6 Å². The van der Waals surface area contributed by atoms with Crippen LogP contribution in [0.3, 0.4) is 0 Å². The molecular weight excluding hydrogens is 1250 g/mol. The zero-order valence-corrected chi connectivity index (χ0v) is 67.1. The number of ether oxygens (including phenoxy) is 2. The van der Waals surface area contributed by atoms with E-state index in [9.17, 15) is 10.2 Å². The van der Waals surface area contributed by atoms with E-state index in [2.05, 4.69) is 284 Å². The molecule has 0 radical (unpaired) electrons. The van der Waals surface area contributed by atoms with Gasteiger partial charge in [0.2, 0.25) is 0 Å². The number of nitrogens with zero attached hydrogens (tertiary/aromatic N) is 2. The Morgan fingerprint density at radius 3 is 0.922 bits per heavy atom. The molecule has 6 heteroatoms. The minimum Gasteiger partial charge on any atom is -0.505 e. The normalized spacial score (nSPS) is 16.7. The molecule has 2 heterocycles. The predicted molar refractivity (Wildman–Crippen MR) is 435 cm³/mol. The molecule has 0 bridgehead atoms. The number of hydrogen-bond acceptors (Lipinski definition) is 4. The molecule has 0 aliphatic heterocycles. The monoisotopic (exact) mass is 1370 g/mol. The molecule has 3 aliphatic carbocycles. The predicted octanol–water partition coefficient (Wildman–Crippen LogP) is 26.1. The average molecular weight is 1370 g/mol. The lowest BCUT2D eigenvalue weighted by atomic mass is 9.71. The van der Waals surface area contributed by atoms with Crippen molar-refractivity contribution in [3.8, 4) is 56.6 Å². The third-order valence-electron chi connectivity index (χ3n) is 23.8. The van der Waals surface area contributed by atoms with Crippen molar-refractivity contribution in [1.82, 2.24) is 9.13 Å². The SMILES string of the molecule is Cc1cc(-c2cc(C(C)(C)CC(C)(C)C)cc(-n3c4cc(C(C)(C)C)ccc4c4ccc(C(C)(C)C)cc43)c2O)c(OC[C@@H]2CCCC[C@H]2COc2c(-c3cc(C(C)(C)CC(C)(C)C)cc(-n4c5cc(C(C)(C)C)ccc5c5ccc(C(C)(C)C)cc54)c3O)cc(C)c3c2CCC3)c2c1CCC2. The molecule has 540 valence electrons. The van der Waals surface area contributed by atoms with Crippen molar-refractivity contribution in [2.75, 3.05) is 13.2 Å². The Morgan fingerprint density at radius 1 is 0.343 bits per heavy atom. The summed E-state index contributed by atoms with van der Waals surface area (Å²) >= 11 is 0. The van der Waals surface area contributed by atoms with E-state index in [1.54, 1.807) is 0 Å². The molecule has 2 N–H and O–H groups in total. The molecule has 6 nitrogen and oxygen atoms in total. The van der Waals surface area contributed by atoms with Crippen LogP contribution in [0.1, 0.15) is 270 Å². The van der Waals surface area contributed by atoms with Gasteiger partial charge in [-0.3, -0.25) is 0 Å². The van der Waals surface area contributed by atoms with Gasteiger partial charge in [0.1, 0.15) is 23.0 Å². The first-order chi connectivity index (χ1) is 47.5. The third-order valence-corrected chi connectivity index (χ3v) is 23.8. The van der Waals surface area contributed by atoms with E-state index in [1.807, 2.05) is 0 Å². The van der Waals surface area contributed by atoms with Gasteiger partial charge >= 0.3 is 0 Å². The first kappa shape index (κ1) is 72.9. The van der Waals surface area contributed by atoms with Crippen molar-refractivity contribution in [3.63, 3.8) is 0 Å². The zero-order valence-electron chi connectivity index (χ0n) is 67.1. The lowest BCUT2D eigenvalue weighted by Gasteiger charge is -2.34. The van der Waals surface area contributed by atoms with Gasteiger partial charge in [0.05, 0.1) is 46.7 Å². The summed E-state index contributed by atoms with van der Waals surface area (Å²) in [6.07, 6.45) is 12.3. The van der Waals surface area contributed by atoms with Crippen molar-refractivity contribution in [2.45, 2.75) is 276 Å². The fourth-order valence-electron chi connectivity index (χ4n) is 18.8. The average Bonchev–Trinajstić information content (AvgIpc) is 1.53. The molecule has 102 heavy (non-hydrogen) atoms. The smallest absolute Gasteiger partial charge is 0.147 e. The van der Waals surface area contributed by atoms with E-state index >= 15 is 0 Å². The highest BCUT2D eigenvalue weighted by molar-refractivity contribution is 6.11. The molecule has 1 fully saturated rings. The van der Waals surface area contributed by atoms with Crippen LogP contribution in [0, 0.1) is 36.5 Å². The van der Waals surface area contributed by atoms with Crippen LogP contribution in [-0.2, 0) is 58.2 Å². The van der Waals surface area contributed by atoms with Crippen molar-refractivity contribution >= 4 is 43.6 Å². The molecule has 0 unspecified atom stereocenters. The summed E-state index contributed by atoms with van der Waals surface area (Å²) in [4.78, 5) is 0. The Labute approximate surface area is 613 Å². The number of aromatic hydroxyl groups is 2. The van der Waals surface area contributed by atoms with Crippen LogP contribution in [0.4, 0.5) is 0 Å². The molecule has 8 aromatic carbocycles. The summed E-state index contributed by atoms with van der Waals surface area (Å²) in [5, 5.41) is 32.2. The first-order valence-electron chi connectivity index (χ1n) is 39.0. The van der Waals surface area contributed by atoms with E-state index in [4.69, 9.17) is 9.47 Å². The Balaban J connectivity index is 0.931. The fourth-order valence-corrected chi connectivity index (χ4v) is 18.8. The molecule has 3 aliphatic rings. The van der Waals surface area contributed by atoms with Gasteiger partial charge < -0.3 is 28.8 Å². The Morgan fingerprint density at radius 2 is 0.637 bits per heavy atom. The van der Waals surface area contributed by atoms with E-state index in [0.717, 1.165) is 144 Å². The lowest BCUT2D eigenvalue weighted by molar-refractivity contribution is 0.105. The maximum atomic E-state index is 13.7. The van der Waals surface area contributed by atoms with Gasteiger partial charge in [0.15, 0.2) is 0 Å². The number of aromatic nitrogens is 2. The molecule has 1 saturated carbocycles. The highest BCUT2D eigenvalue weighted by Crippen LogP contribution is 2.54. The molecule has 2 atom stereocenters. The topological polar surface area (TPSA) is 68.8 Å². The summed E-state index contributed by atoms with van der Waals surface area (Å²) in [5.74, 6) is 2.88. The minimum absolute atomic E-state index is 0.0411. The fraction of sp³-hybridized carbons (Fsp3) is 0.500. The van der Waals surface area contributed by atoms with Gasteiger partial charge in [0, 0.05) is 43.8 Å². The maximum Gasteiger partial charge on any atom is 0.147 e. The maximum absolute atomic E-state index is 13.7. The third kappa shape index (κ3) is 13.7. The Hall–Kier alpha value is -7.44. The van der Waals surface area contributed by atoms with Crippen LogP contribution in [0.5, 0.6) is 23.0 Å². The van der Waals surface area contributed by atoms with Crippen LogP contribution in [0.2, 0.25) is 0 Å². The van der Waals surface area contributed by atoms with Crippen molar-refractivity contribution in [2.24, 2.45) is 22.7 Å². The number of rotatable bonds is 14. The van der Waals surface area contributed by atoms with Gasteiger partial charge in [-0.05, 0) is 261 Å². The lowest BCUT2D eigenvalue weighted by Crippen LogP contribution is -2.30. The van der Waals surface area contributed by atoms with Gasteiger partial charge in [-0.1, -0.05) is 214 Å².